The summed E-state index contributed by atoms with van der Waals surface area (Å²) in [6, 6.07) is 22.8. The van der Waals surface area contributed by atoms with E-state index in [0.29, 0.717) is 33.6 Å². The molecule has 160 valence electrons. The number of rotatable bonds is 5. The van der Waals surface area contributed by atoms with Crippen molar-refractivity contribution in [1.29, 1.82) is 0 Å². The van der Waals surface area contributed by atoms with Crippen LogP contribution in [0.25, 0.3) is 22.1 Å². The lowest BCUT2D eigenvalue weighted by atomic mass is 10.0. The largest absolute Gasteiger partial charge is 0.422 e. The number of fused-ring (bicyclic) bond motifs is 1. The monoisotopic (exact) mass is 426 g/mol. The molecule has 2 amide bonds. The molecule has 0 aliphatic heterocycles. The summed E-state index contributed by atoms with van der Waals surface area (Å²) in [4.78, 5) is 36.9. The SMILES string of the molecule is CC(C)C(=O)Nc1cccc(NC(=O)c2ccc(-c3cc4ccccc4oc3=O)cc2)c1. The summed E-state index contributed by atoms with van der Waals surface area (Å²) < 4.78 is 5.39. The first-order chi connectivity index (χ1) is 15.4. The highest BCUT2D eigenvalue weighted by molar-refractivity contribution is 6.05. The van der Waals surface area contributed by atoms with Gasteiger partial charge in [-0.1, -0.05) is 50.2 Å². The maximum absolute atomic E-state index is 12.7. The van der Waals surface area contributed by atoms with E-state index in [9.17, 15) is 14.4 Å². The highest BCUT2D eigenvalue weighted by Gasteiger charge is 2.11. The Balaban J connectivity index is 1.51. The first-order valence-corrected chi connectivity index (χ1v) is 10.3. The lowest BCUT2D eigenvalue weighted by Crippen LogP contribution is -2.18. The van der Waals surface area contributed by atoms with E-state index in [0.717, 1.165) is 5.39 Å². The van der Waals surface area contributed by atoms with Crippen molar-refractivity contribution in [3.05, 3.63) is 94.8 Å². The molecule has 4 aromatic rings. The van der Waals surface area contributed by atoms with Crippen molar-refractivity contribution in [2.45, 2.75) is 13.8 Å². The van der Waals surface area contributed by atoms with E-state index in [-0.39, 0.29) is 17.7 Å². The molecule has 1 aromatic heterocycles. The van der Waals surface area contributed by atoms with Gasteiger partial charge >= 0.3 is 5.63 Å². The summed E-state index contributed by atoms with van der Waals surface area (Å²) in [6.07, 6.45) is 0. The Hall–Kier alpha value is -4.19. The van der Waals surface area contributed by atoms with Gasteiger partial charge in [0.25, 0.3) is 5.91 Å². The van der Waals surface area contributed by atoms with E-state index in [4.69, 9.17) is 4.42 Å². The fraction of sp³-hybridized carbons (Fsp3) is 0.115. The summed E-state index contributed by atoms with van der Waals surface area (Å²) in [6.45, 7) is 3.62. The van der Waals surface area contributed by atoms with Gasteiger partial charge < -0.3 is 15.1 Å². The van der Waals surface area contributed by atoms with Crippen LogP contribution in [0.2, 0.25) is 0 Å². The Kier molecular flexibility index (Phi) is 5.85. The zero-order chi connectivity index (χ0) is 22.7. The summed E-state index contributed by atoms with van der Waals surface area (Å²) in [7, 11) is 0. The molecular formula is C26H22N2O4. The molecule has 0 aliphatic rings. The third kappa shape index (κ3) is 4.59. The van der Waals surface area contributed by atoms with Crippen molar-refractivity contribution in [2.75, 3.05) is 10.6 Å². The van der Waals surface area contributed by atoms with Crippen molar-refractivity contribution >= 4 is 34.2 Å². The summed E-state index contributed by atoms with van der Waals surface area (Å²) in [5.74, 6) is -0.534. The maximum atomic E-state index is 12.7. The standard InChI is InChI=1S/C26H22N2O4/c1-16(2)24(29)27-20-7-5-8-21(15-20)28-25(30)18-12-10-17(11-13-18)22-14-19-6-3-4-9-23(19)32-26(22)31/h3-16H,1-2H3,(H,27,29)(H,28,30). The van der Waals surface area contributed by atoms with Crippen LogP contribution in [0.5, 0.6) is 0 Å². The van der Waals surface area contributed by atoms with Crippen LogP contribution >= 0.6 is 0 Å². The van der Waals surface area contributed by atoms with Gasteiger partial charge in [-0.2, -0.15) is 0 Å². The number of para-hydroxylation sites is 1. The van der Waals surface area contributed by atoms with Crippen LogP contribution in [0.3, 0.4) is 0 Å². The average Bonchev–Trinajstić information content (AvgIpc) is 2.79. The molecule has 0 bridgehead atoms. The molecule has 6 nitrogen and oxygen atoms in total. The van der Waals surface area contributed by atoms with Gasteiger partial charge in [-0.25, -0.2) is 4.79 Å². The van der Waals surface area contributed by atoms with Crippen molar-refractivity contribution in [3.63, 3.8) is 0 Å². The zero-order valence-electron chi connectivity index (χ0n) is 17.7. The second-order valence-corrected chi connectivity index (χ2v) is 7.74. The van der Waals surface area contributed by atoms with E-state index < -0.39 is 5.63 Å². The molecule has 0 fully saturated rings. The normalized spacial score (nSPS) is 10.8. The van der Waals surface area contributed by atoms with E-state index in [1.165, 1.54) is 0 Å². The lowest BCUT2D eigenvalue weighted by molar-refractivity contribution is -0.118. The number of anilines is 2. The Bertz CT molecular complexity index is 1350. The topological polar surface area (TPSA) is 88.4 Å². The van der Waals surface area contributed by atoms with Gasteiger partial charge in [0.2, 0.25) is 5.91 Å². The molecule has 0 unspecified atom stereocenters. The number of nitrogens with one attached hydrogen (secondary N) is 2. The highest BCUT2D eigenvalue weighted by Crippen LogP contribution is 2.22. The first-order valence-electron chi connectivity index (χ1n) is 10.3. The molecule has 0 saturated carbocycles. The number of carbonyl (C=O) groups excluding carboxylic acids is 2. The highest BCUT2D eigenvalue weighted by atomic mass is 16.4. The summed E-state index contributed by atoms with van der Waals surface area (Å²) in [5, 5.41) is 6.46. The minimum Gasteiger partial charge on any atom is -0.422 e. The fourth-order valence-electron chi connectivity index (χ4n) is 3.23. The molecule has 0 saturated heterocycles. The molecule has 0 radical (unpaired) electrons. The minimum atomic E-state index is -0.429. The molecule has 2 N–H and O–H groups in total. The number of benzene rings is 3. The minimum absolute atomic E-state index is 0.0952. The van der Waals surface area contributed by atoms with Crippen molar-refractivity contribution in [2.24, 2.45) is 5.92 Å². The van der Waals surface area contributed by atoms with Crippen LogP contribution in [-0.4, -0.2) is 11.8 Å². The smallest absolute Gasteiger partial charge is 0.344 e. The third-order valence-corrected chi connectivity index (χ3v) is 5.01. The van der Waals surface area contributed by atoms with Gasteiger partial charge in [-0.3, -0.25) is 9.59 Å². The van der Waals surface area contributed by atoms with Gasteiger partial charge in [-0.05, 0) is 48.0 Å². The Morgan fingerprint density at radius 3 is 2.22 bits per heavy atom. The first kappa shape index (κ1) is 21.1. The van der Waals surface area contributed by atoms with E-state index >= 15 is 0 Å². The quantitative estimate of drug-likeness (QED) is 0.424. The van der Waals surface area contributed by atoms with E-state index in [1.807, 2.05) is 32.0 Å². The van der Waals surface area contributed by atoms with Crippen LogP contribution in [-0.2, 0) is 4.79 Å². The third-order valence-electron chi connectivity index (χ3n) is 5.01. The molecule has 0 spiro atoms. The van der Waals surface area contributed by atoms with Crippen LogP contribution in [0.1, 0.15) is 24.2 Å². The average molecular weight is 426 g/mol. The maximum Gasteiger partial charge on any atom is 0.344 e. The summed E-state index contributed by atoms with van der Waals surface area (Å²) in [5.41, 5.74) is 2.82. The zero-order valence-corrected chi connectivity index (χ0v) is 17.7. The molecule has 3 aromatic carbocycles. The van der Waals surface area contributed by atoms with E-state index in [1.54, 1.807) is 60.7 Å². The van der Waals surface area contributed by atoms with Gasteiger partial charge in [-0.15, -0.1) is 0 Å². The van der Waals surface area contributed by atoms with E-state index in [2.05, 4.69) is 10.6 Å². The molecule has 6 heteroatoms. The molecule has 4 rings (SSSR count). The fourth-order valence-corrected chi connectivity index (χ4v) is 3.23. The van der Waals surface area contributed by atoms with Crippen LogP contribution in [0.15, 0.2) is 88.1 Å². The van der Waals surface area contributed by atoms with Crippen LogP contribution < -0.4 is 16.3 Å². The predicted octanol–water partition coefficient (Wildman–Crippen LogP) is 5.31. The van der Waals surface area contributed by atoms with Gasteiger partial charge in [0.05, 0.1) is 5.56 Å². The number of hydrogen-bond donors (Lipinski definition) is 2. The van der Waals surface area contributed by atoms with Gasteiger partial charge in [0.15, 0.2) is 0 Å². The second-order valence-electron chi connectivity index (χ2n) is 7.74. The second kappa shape index (κ2) is 8.89. The Labute approximate surface area is 184 Å². The number of amides is 2. The number of carbonyl (C=O) groups is 2. The van der Waals surface area contributed by atoms with Crippen molar-refractivity contribution in [1.82, 2.24) is 0 Å². The molecular weight excluding hydrogens is 404 g/mol. The van der Waals surface area contributed by atoms with Gasteiger partial charge in [0, 0.05) is 28.2 Å². The lowest BCUT2D eigenvalue weighted by Gasteiger charge is -2.10. The molecule has 32 heavy (non-hydrogen) atoms. The molecule has 0 aliphatic carbocycles. The van der Waals surface area contributed by atoms with Crippen LogP contribution in [0, 0.1) is 5.92 Å². The number of hydrogen-bond acceptors (Lipinski definition) is 4. The summed E-state index contributed by atoms with van der Waals surface area (Å²) >= 11 is 0. The van der Waals surface area contributed by atoms with Crippen molar-refractivity contribution in [3.8, 4) is 11.1 Å². The van der Waals surface area contributed by atoms with Crippen molar-refractivity contribution < 1.29 is 14.0 Å². The van der Waals surface area contributed by atoms with Gasteiger partial charge in [0.1, 0.15) is 5.58 Å². The predicted molar refractivity (Wildman–Crippen MR) is 126 cm³/mol. The molecule has 0 atom stereocenters. The Morgan fingerprint density at radius 2 is 1.50 bits per heavy atom. The Morgan fingerprint density at radius 1 is 0.812 bits per heavy atom. The van der Waals surface area contributed by atoms with Crippen LogP contribution in [0.4, 0.5) is 11.4 Å². The molecule has 1 heterocycles.